The van der Waals surface area contributed by atoms with Gasteiger partial charge in [0.15, 0.2) is 0 Å². The first-order valence-corrected chi connectivity index (χ1v) is 5.21. The first-order valence-electron chi connectivity index (χ1n) is 5.21. The summed E-state index contributed by atoms with van der Waals surface area (Å²) in [7, 11) is 1.43. The first kappa shape index (κ1) is 13.7. The zero-order valence-electron chi connectivity index (χ0n) is 9.90. The number of anilines is 2. The van der Waals surface area contributed by atoms with Gasteiger partial charge in [0, 0.05) is 18.5 Å². The van der Waals surface area contributed by atoms with Crippen LogP contribution in [0.3, 0.4) is 0 Å². The highest BCUT2D eigenvalue weighted by atomic mass is 16.5. The summed E-state index contributed by atoms with van der Waals surface area (Å²) in [6.07, 6.45) is -0.208. The highest BCUT2D eigenvalue weighted by Gasteiger charge is 2.04. The molecular formula is C12H13N3O3. The molecule has 0 atom stereocenters. The van der Waals surface area contributed by atoms with Crippen molar-refractivity contribution in [1.82, 2.24) is 0 Å². The maximum atomic E-state index is 11.3. The zero-order valence-corrected chi connectivity index (χ0v) is 9.90. The van der Waals surface area contributed by atoms with Crippen LogP contribution >= 0.6 is 0 Å². The van der Waals surface area contributed by atoms with E-state index in [1.165, 1.54) is 7.11 Å². The predicted octanol–water partition coefficient (Wildman–Crippen LogP) is 1.12. The summed E-state index contributed by atoms with van der Waals surface area (Å²) < 4.78 is 4.68. The van der Waals surface area contributed by atoms with Gasteiger partial charge in [-0.05, 0) is 18.2 Å². The SMILES string of the molecule is COCC(=O)Nc1cccc(NC(=O)CC#N)c1. The van der Waals surface area contributed by atoms with Gasteiger partial charge in [-0.15, -0.1) is 0 Å². The number of methoxy groups -OCH3 is 1. The minimum Gasteiger partial charge on any atom is -0.375 e. The average molecular weight is 247 g/mol. The van der Waals surface area contributed by atoms with Crippen LogP contribution in [-0.4, -0.2) is 25.5 Å². The van der Waals surface area contributed by atoms with Crippen molar-refractivity contribution in [3.8, 4) is 6.07 Å². The molecule has 0 saturated heterocycles. The molecule has 6 nitrogen and oxygen atoms in total. The van der Waals surface area contributed by atoms with Crippen LogP contribution in [0.1, 0.15) is 6.42 Å². The molecule has 0 aliphatic carbocycles. The molecule has 0 spiro atoms. The molecule has 0 heterocycles. The van der Waals surface area contributed by atoms with Crippen LogP contribution in [0.4, 0.5) is 11.4 Å². The van der Waals surface area contributed by atoms with Gasteiger partial charge in [0.05, 0.1) is 6.07 Å². The van der Waals surface area contributed by atoms with Crippen LogP contribution in [0.2, 0.25) is 0 Å². The lowest BCUT2D eigenvalue weighted by atomic mass is 10.2. The normalized spacial score (nSPS) is 9.33. The Bertz CT molecular complexity index is 480. The number of carbonyl (C=O) groups is 2. The zero-order chi connectivity index (χ0) is 13.4. The number of nitriles is 1. The molecule has 0 aliphatic heterocycles. The Morgan fingerprint density at radius 1 is 1.28 bits per heavy atom. The van der Waals surface area contributed by atoms with E-state index < -0.39 is 5.91 Å². The molecule has 94 valence electrons. The fraction of sp³-hybridized carbons (Fsp3) is 0.250. The molecule has 1 aromatic carbocycles. The topological polar surface area (TPSA) is 91.2 Å². The van der Waals surface area contributed by atoms with Gasteiger partial charge >= 0.3 is 0 Å². The van der Waals surface area contributed by atoms with Gasteiger partial charge in [-0.2, -0.15) is 5.26 Å². The van der Waals surface area contributed by atoms with Gasteiger partial charge in [-0.1, -0.05) is 6.07 Å². The summed E-state index contributed by atoms with van der Waals surface area (Å²) >= 11 is 0. The second kappa shape index (κ2) is 7.04. The number of hydrogen-bond acceptors (Lipinski definition) is 4. The van der Waals surface area contributed by atoms with Gasteiger partial charge in [0.25, 0.3) is 0 Å². The molecule has 6 heteroatoms. The Hall–Kier alpha value is -2.39. The van der Waals surface area contributed by atoms with Crippen LogP contribution < -0.4 is 10.6 Å². The number of ether oxygens (including phenoxy) is 1. The third-order valence-electron chi connectivity index (χ3n) is 1.95. The summed E-state index contributed by atoms with van der Waals surface area (Å²) in [5, 5.41) is 13.5. The van der Waals surface area contributed by atoms with Gasteiger partial charge in [-0.3, -0.25) is 9.59 Å². The van der Waals surface area contributed by atoms with E-state index in [2.05, 4.69) is 15.4 Å². The van der Waals surface area contributed by atoms with Crippen LogP contribution in [0.25, 0.3) is 0 Å². The number of nitrogens with one attached hydrogen (secondary N) is 2. The number of rotatable bonds is 5. The van der Waals surface area contributed by atoms with E-state index >= 15 is 0 Å². The Labute approximate surface area is 105 Å². The fourth-order valence-electron chi connectivity index (χ4n) is 1.28. The molecular weight excluding hydrogens is 234 g/mol. The highest BCUT2D eigenvalue weighted by molar-refractivity contribution is 5.95. The summed E-state index contributed by atoms with van der Waals surface area (Å²) in [5.41, 5.74) is 1.07. The largest absolute Gasteiger partial charge is 0.375 e. The molecule has 0 radical (unpaired) electrons. The van der Waals surface area contributed by atoms with Crippen molar-refractivity contribution in [1.29, 1.82) is 5.26 Å². The number of carbonyl (C=O) groups excluding carboxylic acids is 2. The van der Waals surface area contributed by atoms with Crippen LogP contribution in [0, 0.1) is 11.3 Å². The molecule has 0 fully saturated rings. The Morgan fingerprint density at radius 2 is 1.89 bits per heavy atom. The summed E-state index contributed by atoms with van der Waals surface area (Å²) in [5.74, 6) is -0.670. The minimum atomic E-state index is -0.391. The number of nitrogens with zero attached hydrogens (tertiary/aromatic N) is 1. The summed E-state index contributed by atoms with van der Waals surface area (Å²) in [4.78, 5) is 22.5. The minimum absolute atomic E-state index is 0.0367. The Kier molecular flexibility index (Phi) is 5.35. The lowest BCUT2D eigenvalue weighted by Crippen LogP contribution is -2.17. The maximum Gasteiger partial charge on any atom is 0.250 e. The molecule has 2 amide bonds. The monoisotopic (exact) mass is 247 g/mol. The van der Waals surface area contributed by atoms with Crippen molar-refractivity contribution in [2.75, 3.05) is 24.4 Å². The van der Waals surface area contributed by atoms with Crippen molar-refractivity contribution >= 4 is 23.2 Å². The van der Waals surface area contributed by atoms with Crippen molar-refractivity contribution in [3.63, 3.8) is 0 Å². The Morgan fingerprint density at radius 3 is 2.44 bits per heavy atom. The van der Waals surface area contributed by atoms with Crippen LogP contribution in [-0.2, 0) is 14.3 Å². The van der Waals surface area contributed by atoms with Crippen molar-refractivity contribution in [3.05, 3.63) is 24.3 Å². The smallest absolute Gasteiger partial charge is 0.250 e. The maximum absolute atomic E-state index is 11.3. The lowest BCUT2D eigenvalue weighted by molar-refractivity contribution is -0.119. The molecule has 0 aliphatic rings. The van der Waals surface area contributed by atoms with E-state index in [-0.39, 0.29) is 18.9 Å². The second-order valence-corrected chi connectivity index (χ2v) is 3.45. The highest BCUT2D eigenvalue weighted by Crippen LogP contribution is 2.15. The van der Waals surface area contributed by atoms with Gasteiger partial charge in [0.1, 0.15) is 13.0 Å². The summed E-state index contributed by atoms with van der Waals surface area (Å²) in [6, 6.07) is 8.39. The standard InChI is InChI=1S/C12H13N3O3/c1-18-8-12(17)15-10-4-2-3-9(7-10)14-11(16)5-6-13/h2-4,7H,5,8H2,1H3,(H,14,16)(H,15,17). The molecule has 0 saturated carbocycles. The molecule has 0 aromatic heterocycles. The third-order valence-corrected chi connectivity index (χ3v) is 1.95. The molecule has 2 N–H and O–H groups in total. The molecule has 0 unspecified atom stereocenters. The molecule has 1 rings (SSSR count). The van der Waals surface area contributed by atoms with Gasteiger partial charge < -0.3 is 15.4 Å². The first-order chi connectivity index (χ1) is 8.65. The second-order valence-electron chi connectivity index (χ2n) is 3.45. The van der Waals surface area contributed by atoms with E-state index in [1.807, 2.05) is 0 Å². The molecule has 1 aromatic rings. The van der Waals surface area contributed by atoms with E-state index in [0.717, 1.165) is 0 Å². The van der Waals surface area contributed by atoms with Gasteiger partial charge in [-0.25, -0.2) is 0 Å². The van der Waals surface area contributed by atoms with Crippen molar-refractivity contribution in [2.45, 2.75) is 6.42 Å². The van der Waals surface area contributed by atoms with E-state index in [0.29, 0.717) is 11.4 Å². The average Bonchev–Trinajstić information content (AvgIpc) is 2.29. The van der Waals surface area contributed by atoms with Crippen LogP contribution in [0.15, 0.2) is 24.3 Å². The van der Waals surface area contributed by atoms with E-state index in [1.54, 1.807) is 30.3 Å². The Balaban J connectivity index is 2.65. The number of amides is 2. The molecule has 18 heavy (non-hydrogen) atoms. The van der Waals surface area contributed by atoms with Gasteiger partial charge in [0.2, 0.25) is 11.8 Å². The van der Waals surface area contributed by atoms with Crippen LogP contribution in [0.5, 0.6) is 0 Å². The summed E-state index contributed by atoms with van der Waals surface area (Å²) in [6.45, 7) is -0.0367. The number of hydrogen-bond donors (Lipinski definition) is 2. The van der Waals surface area contributed by atoms with E-state index in [4.69, 9.17) is 5.26 Å². The third kappa shape index (κ3) is 4.63. The quantitative estimate of drug-likeness (QED) is 0.815. The van der Waals surface area contributed by atoms with Crippen molar-refractivity contribution in [2.24, 2.45) is 0 Å². The van der Waals surface area contributed by atoms with E-state index in [9.17, 15) is 9.59 Å². The number of benzene rings is 1. The lowest BCUT2D eigenvalue weighted by Gasteiger charge is -2.07. The van der Waals surface area contributed by atoms with Crippen molar-refractivity contribution < 1.29 is 14.3 Å². The predicted molar refractivity (Wildman–Crippen MR) is 65.8 cm³/mol. The molecule has 0 bridgehead atoms. The fourth-order valence-corrected chi connectivity index (χ4v) is 1.28.